The van der Waals surface area contributed by atoms with Gasteiger partial charge in [0.05, 0.1) is 7.11 Å². The zero-order chi connectivity index (χ0) is 8.53. The molecule has 0 spiro atoms. The summed E-state index contributed by atoms with van der Waals surface area (Å²) in [5.41, 5.74) is 0. The summed E-state index contributed by atoms with van der Waals surface area (Å²) in [6.45, 7) is 3.68. The van der Waals surface area contributed by atoms with Crippen LogP contribution in [0.1, 0.15) is 25.7 Å². The molecule has 0 aromatic heterocycles. The van der Waals surface area contributed by atoms with Gasteiger partial charge in [0, 0.05) is 6.42 Å². The molecule has 0 aromatic rings. The maximum atomic E-state index is 10.5. The summed E-state index contributed by atoms with van der Waals surface area (Å²) in [6.07, 6.45) is 2.91. The minimum Gasteiger partial charge on any atom is -0.468 e. The number of carbonyl (C=O) groups excluding carboxylic acids is 1. The SMILES string of the molecule is [CH2]CCCC#CCC(=O)OC. The summed E-state index contributed by atoms with van der Waals surface area (Å²) < 4.78 is 4.40. The maximum absolute atomic E-state index is 10.5. The van der Waals surface area contributed by atoms with Gasteiger partial charge in [-0.25, -0.2) is 0 Å². The number of unbranched alkanes of at least 4 members (excludes halogenated alkanes) is 2. The molecule has 2 nitrogen and oxygen atoms in total. The molecule has 0 atom stereocenters. The molecule has 2 heteroatoms. The van der Waals surface area contributed by atoms with Gasteiger partial charge in [0.15, 0.2) is 0 Å². The normalized spacial score (nSPS) is 8.18. The van der Waals surface area contributed by atoms with Crippen LogP contribution in [0.5, 0.6) is 0 Å². The Bertz CT molecular complexity index is 162. The van der Waals surface area contributed by atoms with Crippen LogP contribution < -0.4 is 0 Å². The summed E-state index contributed by atoms with van der Waals surface area (Å²) in [5, 5.41) is 0. The molecule has 0 amide bonds. The van der Waals surface area contributed by atoms with Crippen molar-refractivity contribution in [2.24, 2.45) is 0 Å². The van der Waals surface area contributed by atoms with Crippen LogP contribution in [0, 0.1) is 18.8 Å². The smallest absolute Gasteiger partial charge is 0.317 e. The van der Waals surface area contributed by atoms with Crippen molar-refractivity contribution in [2.45, 2.75) is 25.7 Å². The first-order valence-corrected chi connectivity index (χ1v) is 3.63. The lowest BCUT2D eigenvalue weighted by Gasteiger charge is -1.89. The van der Waals surface area contributed by atoms with Crippen LogP contribution >= 0.6 is 0 Å². The summed E-state index contributed by atoms with van der Waals surface area (Å²) in [5.74, 6) is 5.31. The number of carbonyl (C=O) groups is 1. The van der Waals surface area contributed by atoms with Crippen molar-refractivity contribution in [2.75, 3.05) is 7.11 Å². The Balaban J connectivity index is 3.32. The van der Waals surface area contributed by atoms with E-state index in [1.807, 2.05) is 0 Å². The quantitative estimate of drug-likeness (QED) is 0.349. The van der Waals surface area contributed by atoms with Crippen LogP contribution in [0.3, 0.4) is 0 Å². The van der Waals surface area contributed by atoms with Crippen LogP contribution in [-0.4, -0.2) is 13.1 Å². The summed E-state index contributed by atoms with van der Waals surface area (Å²) in [6, 6.07) is 0. The highest BCUT2D eigenvalue weighted by Gasteiger charge is 1.92. The van der Waals surface area contributed by atoms with Crippen molar-refractivity contribution in [1.82, 2.24) is 0 Å². The van der Waals surface area contributed by atoms with E-state index in [4.69, 9.17) is 0 Å². The Kier molecular flexibility index (Phi) is 6.51. The van der Waals surface area contributed by atoms with E-state index in [-0.39, 0.29) is 12.4 Å². The molecule has 1 radical (unpaired) electrons. The van der Waals surface area contributed by atoms with Gasteiger partial charge in [-0.05, 0) is 6.42 Å². The topological polar surface area (TPSA) is 26.3 Å². The second-order valence-electron chi connectivity index (χ2n) is 2.06. The lowest BCUT2D eigenvalue weighted by Crippen LogP contribution is -1.96. The predicted molar refractivity (Wildman–Crippen MR) is 43.6 cm³/mol. The van der Waals surface area contributed by atoms with Gasteiger partial charge in [-0.3, -0.25) is 4.79 Å². The molecule has 0 aliphatic carbocycles. The fraction of sp³-hybridized carbons (Fsp3) is 0.556. The third-order valence-electron chi connectivity index (χ3n) is 1.14. The molecule has 61 valence electrons. The van der Waals surface area contributed by atoms with E-state index in [0.29, 0.717) is 0 Å². The van der Waals surface area contributed by atoms with Crippen molar-refractivity contribution >= 4 is 5.97 Å². The molecular formula is C9H13O2. The standard InChI is InChI=1S/C9H13O2/c1-3-4-5-6-7-8-9(10)11-2/h1,3-5,8H2,2H3. The summed E-state index contributed by atoms with van der Waals surface area (Å²) in [4.78, 5) is 10.5. The number of ether oxygens (including phenoxy) is 1. The van der Waals surface area contributed by atoms with Crippen molar-refractivity contribution in [3.05, 3.63) is 6.92 Å². The Morgan fingerprint density at radius 1 is 1.55 bits per heavy atom. The van der Waals surface area contributed by atoms with Crippen LogP contribution in [0.15, 0.2) is 0 Å². The van der Waals surface area contributed by atoms with Gasteiger partial charge in [0.25, 0.3) is 0 Å². The molecule has 0 fully saturated rings. The molecule has 0 saturated carbocycles. The third kappa shape index (κ3) is 6.92. The average Bonchev–Trinajstić information content (AvgIpc) is 2.04. The first kappa shape index (κ1) is 10.0. The molecule has 0 aliphatic heterocycles. The summed E-state index contributed by atoms with van der Waals surface area (Å²) in [7, 11) is 1.36. The molecular weight excluding hydrogens is 140 g/mol. The Hall–Kier alpha value is -0.970. The van der Waals surface area contributed by atoms with Gasteiger partial charge in [-0.1, -0.05) is 19.3 Å². The van der Waals surface area contributed by atoms with Crippen molar-refractivity contribution in [1.29, 1.82) is 0 Å². The van der Waals surface area contributed by atoms with Gasteiger partial charge in [0.1, 0.15) is 6.42 Å². The molecule has 11 heavy (non-hydrogen) atoms. The van der Waals surface area contributed by atoms with Gasteiger partial charge < -0.3 is 4.74 Å². The zero-order valence-corrected chi connectivity index (χ0v) is 6.85. The number of hydrogen-bond acceptors (Lipinski definition) is 2. The first-order chi connectivity index (χ1) is 5.31. The Morgan fingerprint density at radius 3 is 2.82 bits per heavy atom. The number of rotatable bonds is 3. The fourth-order valence-corrected chi connectivity index (χ4v) is 0.509. The molecule has 0 unspecified atom stereocenters. The maximum Gasteiger partial charge on any atom is 0.317 e. The lowest BCUT2D eigenvalue weighted by atomic mass is 10.2. The lowest BCUT2D eigenvalue weighted by molar-refractivity contribution is -0.139. The second-order valence-corrected chi connectivity index (χ2v) is 2.06. The van der Waals surface area contributed by atoms with Gasteiger partial charge in [-0.15, -0.1) is 5.92 Å². The van der Waals surface area contributed by atoms with E-state index in [0.717, 1.165) is 19.3 Å². The largest absolute Gasteiger partial charge is 0.468 e. The average molecular weight is 153 g/mol. The van der Waals surface area contributed by atoms with Crippen LogP contribution in [0.25, 0.3) is 0 Å². The highest BCUT2D eigenvalue weighted by atomic mass is 16.5. The van der Waals surface area contributed by atoms with Gasteiger partial charge >= 0.3 is 5.97 Å². The molecule has 0 aliphatic rings. The molecule has 0 bridgehead atoms. The number of esters is 1. The zero-order valence-electron chi connectivity index (χ0n) is 6.85. The number of methoxy groups -OCH3 is 1. The van der Waals surface area contributed by atoms with Crippen LogP contribution in [0.2, 0.25) is 0 Å². The monoisotopic (exact) mass is 153 g/mol. The van der Waals surface area contributed by atoms with Crippen LogP contribution in [0.4, 0.5) is 0 Å². The van der Waals surface area contributed by atoms with E-state index in [9.17, 15) is 4.79 Å². The van der Waals surface area contributed by atoms with Crippen molar-refractivity contribution < 1.29 is 9.53 Å². The van der Waals surface area contributed by atoms with E-state index in [1.54, 1.807) is 0 Å². The molecule has 0 N–H and O–H groups in total. The van der Waals surface area contributed by atoms with Gasteiger partial charge in [0.2, 0.25) is 0 Å². The van der Waals surface area contributed by atoms with E-state index in [1.165, 1.54) is 7.11 Å². The fourth-order valence-electron chi connectivity index (χ4n) is 0.509. The minimum absolute atomic E-state index is 0.202. The minimum atomic E-state index is -0.271. The van der Waals surface area contributed by atoms with E-state index < -0.39 is 0 Å². The first-order valence-electron chi connectivity index (χ1n) is 3.63. The van der Waals surface area contributed by atoms with E-state index in [2.05, 4.69) is 23.5 Å². The van der Waals surface area contributed by atoms with Crippen molar-refractivity contribution in [3.63, 3.8) is 0 Å². The Morgan fingerprint density at radius 2 is 2.27 bits per heavy atom. The Labute approximate surface area is 67.9 Å². The molecule has 0 aromatic carbocycles. The number of hydrogen-bond donors (Lipinski definition) is 0. The predicted octanol–water partition coefficient (Wildman–Crippen LogP) is 1.56. The molecule has 0 rings (SSSR count). The van der Waals surface area contributed by atoms with Crippen LogP contribution in [-0.2, 0) is 9.53 Å². The van der Waals surface area contributed by atoms with E-state index >= 15 is 0 Å². The van der Waals surface area contributed by atoms with Gasteiger partial charge in [-0.2, -0.15) is 0 Å². The molecule has 0 heterocycles. The molecule has 0 saturated heterocycles. The van der Waals surface area contributed by atoms with Crippen molar-refractivity contribution in [3.8, 4) is 11.8 Å². The highest BCUT2D eigenvalue weighted by Crippen LogP contribution is 1.90. The summed E-state index contributed by atoms with van der Waals surface area (Å²) >= 11 is 0. The second kappa shape index (κ2) is 7.14. The highest BCUT2D eigenvalue weighted by molar-refractivity contribution is 5.72. The third-order valence-corrected chi connectivity index (χ3v) is 1.14.